The highest BCUT2D eigenvalue weighted by Crippen LogP contribution is 2.52. The van der Waals surface area contributed by atoms with E-state index in [2.05, 4.69) is 0 Å². The largest absolute Gasteiger partial charge is 0.496 e. The van der Waals surface area contributed by atoms with Crippen LogP contribution < -0.4 is 10.4 Å². The molecule has 1 aromatic heterocycles. The van der Waals surface area contributed by atoms with Crippen LogP contribution in [0.25, 0.3) is 11.0 Å². The number of ether oxygens (including phenoxy) is 2. The number of fused-ring (bicyclic) bond motifs is 1. The highest BCUT2D eigenvalue weighted by atomic mass is 16.6. The van der Waals surface area contributed by atoms with Crippen LogP contribution in [0.4, 0.5) is 0 Å². The zero-order valence-electron chi connectivity index (χ0n) is 10.5. The molecular weight excluding hydrogens is 232 g/mol. The van der Waals surface area contributed by atoms with Gasteiger partial charge in [-0.3, -0.25) is 0 Å². The van der Waals surface area contributed by atoms with Crippen molar-refractivity contribution in [3.05, 3.63) is 40.2 Å². The number of rotatable bonds is 2. The van der Waals surface area contributed by atoms with Crippen LogP contribution in [-0.2, 0) is 4.74 Å². The average molecular weight is 246 g/mol. The summed E-state index contributed by atoms with van der Waals surface area (Å²) in [5, 5.41) is 0.872. The third-order valence-corrected chi connectivity index (χ3v) is 3.25. The van der Waals surface area contributed by atoms with Crippen LogP contribution in [0.1, 0.15) is 25.5 Å². The Morgan fingerprint density at radius 1 is 1.28 bits per heavy atom. The van der Waals surface area contributed by atoms with Crippen molar-refractivity contribution in [1.29, 1.82) is 0 Å². The first-order valence-electron chi connectivity index (χ1n) is 5.81. The highest BCUT2D eigenvalue weighted by molar-refractivity contribution is 5.79. The molecule has 18 heavy (non-hydrogen) atoms. The summed E-state index contributed by atoms with van der Waals surface area (Å²) in [5.74, 6) is 0.687. The molecule has 0 unspecified atom stereocenters. The summed E-state index contributed by atoms with van der Waals surface area (Å²) in [6, 6.07) is 6.86. The van der Waals surface area contributed by atoms with Crippen molar-refractivity contribution in [3.63, 3.8) is 0 Å². The van der Waals surface area contributed by atoms with Gasteiger partial charge in [-0.1, -0.05) is 0 Å². The molecule has 2 heterocycles. The van der Waals surface area contributed by atoms with Crippen molar-refractivity contribution < 1.29 is 13.9 Å². The predicted molar refractivity (Wildman–Crippen MR) is 66.9 cm³/mol. The Balaban J connectivity index is 2.19. The standard InChI is InChI=1S/C14H14O4/c1-14(2)13(18-14)9-6-8-4-5-12(15)17-10(8)7-11(9)16-3/h4-7,13H,1-3H3/t13-/m0/s1. The normalized spacial score (nSPS) is 20.9. The van der Waals surface area contributed by atoms with Gasteiger partial charge in [0.1, 0.15) is 17.4 Å². The van der Waals surface area contributed by atoms with Crippen molar-refractivity contribution in [2.24, 2.45) is 0 Å². The van der Waals surface area contributed by atoms with Gasteiger partial charge in [0.25, 0.3) is 0 Å². The van der Waals surface area contributed by atoms with Gasteiger partial charge in [-0.2, -0.15) is 0 Å². The number of hydrogen-bond acceptors (Lipinski definition) is 4. The monoisotopic (exact) mass is 246 g/mol. The maximum absolute atomic E-state index is 11.2. The molecule has 0 aliphatic carbocycles. The third kappa shape index (κ3) is 1.69. The molecule has 0 radical (unpaired) electrons. The lowest BCUT2D eigenvalue weighted by atomic mass is 10.0. The maximum atomic E-state index is 11.2. The van der Waals surface area contributed by atoms with Crippen molar-refractivity contribution >= 4 is 11.0 Å². The Morgan fingerprint density at radius 3 is 2.61 bits per heavy atom. The van der Waals surface area contributed by atoms with E-state index in [-0.39, 0.29) is 17.3 Å². The summed E-state index contributed by atoms with van der Waals surface area (Å²) in [7, 11) is 1.60. The Bertz CT molecular complexity index is 669. The van der Waals surface area contributed by atoms with Crippen LogP contribution in [0.2, 0.25) is 0 Å². The number of benzene rings is 1. The van der Waals surface area contributed by atoms with Gasteiger partial charge in [0.15, 0.2) is 0 Å². The van der Waals surface area contributed by atoms with E-state index in [1.165, 1.54) is 6.07 Å². The second-order valence-electron chi connectivity index (χ2n) is 4.99. The van der Waals surface area contributed by atoms with Crippen LogP contribution in [0.15, 0.2) is 33.5 Å². The fraction of sp³-hybridized carbons (Fsp3) is 0.357. The molecule has 0 amide bonds. The Morgan fingerprint density at radius 2 is 2.00 bits per heavy atom. The van der Waals surface area contributed by atoms with Crippen molar-refractivity contribution in [3.8, 4) is 5.75 Å². The smallest absolute Gasteiger partial charge is 0.336 e. The number of epoxide rings is 1. The molecule has 4 nitrogen and oxygen atoms in total. The minimum absolute atomic E-state index is 0.0313. The highest BCUT2D eigenvalue weighted by Gasteiger charge is 2.50. The topological polar surface area (TPSA) is 52.0 Å². The van der Waals surface area contributed by atoms with Gasteiger partial charge < -0.3 is 13.9 Å². The predicted octanol–water partition coefficient (Wildman–Crippen LogP) is 2.65. The molecule has 0 saturated carbocycles. The van der Waals surface area contributed by atoms with Crippen LogP contribution in [-0.4, -0.2) is 12.7 Å². The minimum atomic E-state index is -0.361. The zero-order valence-corrected chi connectivity index (χ0v) is 10.5. The summed E-state index contributed by atoms with van der Waals surface area (Å²) in [4.78, 5) is 11.2. The van der Waals surface area contributed by atoms with E-state index in [1.54, 1.807) is 19.2 Å². The average Bonchev–Trinajstić information content (AvgIpc) is 2.96. The van der Waals surface area contributed by atoms with Crippen LogP contribution in [0, 0.1) is 0 Å². The summed E-state index contributed by atoms with van der Waals surface area (Å²) in [5.41, 5.74) is 1.00. The van der Waals surface area contributed by atoms with E-state index < -0.39 is 0 Å². The van der Waals surface area contributed by atoms with Gasteiger partial charge in [-0.05, 0) is 26.0 Å². The van der Waals surface area contributed by atoms with Crippen LogP contribution >= 0.6 is 0 Å². The van der Waals surface area contributed by atoms with Gasteiger partial charge in [-0.15, -0.1) is 0 Å². The molecule has 1 saturated heterocycles. The molecule has 0 bridgehead atoms. The van der Waals surface area contributed by atoms with Gasteiger partial charge >= 0.3 is 5.63 Å². The number of hydrogen-bond donors (Lipinski definition) is 0. The second-order valence-corrected chi connectivity index (χ2v) is 4.99. The fourth-order valence-corrected chi connectivity index (χ4v) is 2.20. The van der Waals surface area contributed by atoms with Gasteiger partial charge in [0.2, 0.25) is 0 Å². The zero-order chi connectivity index (χ0) is 12.9. The van der Waals surface area contributed by atoms with E-state index >= 15 is 0 Å². The van der Waals surface area contributed by atoms with Crippen molar-refractivity contribution in [1.82, 2.24) is 0 Å². The molecule has 4 heteroatoms. The van der Waals surface area contributed by atoms with Gasteiger partial charge in [0.05, 0.1) is 12.7 Å². The first kappa shape index (κ1) is 11.3. The quantitative estimate of drug-likeness (QED) is 0.603. The lowest BCUT2D eigenvalue weighted by Crippen LogP contribution is -2.01. The minimum Gasteiger partial charge on any atom is -0.496 e. The van der Waals surface area contributed by atoms with Crippen molar-refractivity contribution in [2.75, 3.05) is 7.11 Å². The molecular formula is C14H14O4. The van der Waals surface area contributed by atoms with Crippen molar-refractivity contribution in [2.45, 2.75) is 25.6 Å². The van der Waals surface area contributed by atoms with E-state index in [4.69, 9.17) is 13.9 Å². The summed E-state index contributed by atoms with van der Waals surface area (Å²) >= 11 is 0. The summed E-state index contributed by atoms with van der Waals surface area (Å²) in [6.45, 7) is 4.07. The lowest BCUT2D eigenvalue weighted by Gasteiger charge is -2.08. The van der Waals surface area contributed by atoms with E-state index in [9.17, 15) is 4.79 Å². The maximum Gasteiger partial charge on any atom is 0.336 e. The van der Waals surface area contributed by atoms with Gasteiger partial charge in [-0.25, -0.2) is 4.79 Å². The first-order chi connectivity index (χ1) is 8.51. The Labute approximate surface area is 104 Å². The fourth-order valence-electron chi connectivity index (χ4n) is 2.20. The van der Waals surface area contributed by atoms with Gasteiger partial charge in [0, 0.05) is 23.1 Å². The van der Waals surface area contributed by atoms with Crippen LogP contribution in [0.3, 0.4) is 0 Å². The second kappa shape index (κ2) is 3.59. The molecule has 1 aromatic carbocycles. The number of methoxy groups -OCH3 is 1. The lowest BCUT2D eigenvalue weighted by molar-refractivity contribution is 0.322. The van der Waals surface area contributed by atoms with Crippen LogP contribution in [0.5, 0.6) is 5.75 Å². The Kier molecular flexibility index (Phi) is 2.25. The molecule has 1 aliphatic heterocycles. The summed E-state index contributed by atoms with van der Waals surface area (Å²) < 4.78 is 16.1. The summed E-state index contributed by atoms with van der Waals surface area (Å²) in [6.07, 6.45) is 0.0313. The molecule has 1 aliphatic rings. The molecule has 1 fully saturated rings. The molecule has 1 atom stereocenters. The molecule has 0 N–H and O–H groups in total. The van der Waals surface area contributed by atoms with E-state index in [0.29, 0.717) is 11.3 Å². The third-order valence-electron chi connectivity index (χ3n) is 3.25. The first-order valence-corrected chi connectivity index (χ1v) is 5.81. The molecule has 94 valence electrons. The SMILES string of the molecule is COc1cc2oc(=O)ccc2cc1[C@@H]1OC1(C)C. The Hall–Kier alpha value is -1.81. The molecule has 3 rings (SSSR count). The molecule has 0 spiro atoms. The molecule has 2 aromatic rings. The van der Waals surface area contributed by atoms with E-state index in [0.717, 1.165) is 10.9 Å². The van der Waals surface area contributed by atoms with E-state index in [1.807, 2.05) is 19.9 Å².